The van der Waals surface area contributed by atoms with Gasteiger partial charge in [-0.15, -0.1) is 6.58 Å². The van der Waals surface area contributed by atoms with Crippen molar-refractivity contribution >= 4 is 51.9 Å². The van der Waals surface area contributed by atoms with E-state index in [1.807, 2.05) is 54.6 Å². The lowest BCUT2D eigenvalue weighted by atomic mass is 10.1. The zero-order valence-electron chi connectivity index (χ0n) is 13.9. The first-order valence-corrected chi connectivity index (χ1v) is 9.52. The number of halogens is 1. The van der Waals surface area contributed by atoms with Gasteiger partial charge in [0, 0.05) is 22.7 Å². The Hall–Kier alpha value is -2.08. The number of para-hydroxylation sites is 1. The van der Waals surface area contributed by atoms with Gasteiger partial charge in [-0.2, -0.15) is 0 Å². The maximum absolute atomic E-state index is 12.5. The van der Waals surface area contributed by atoms with Gasteiger partial charge in [0.1, 0.15) is 16.7 Å². The van der Waals surface area contributed by atoms with E-state index < -0.39 is 0 Å². The Labute approximate surface area is 167 Å². The molecular weight excluding hydrogens is 386 g/mol. The summed E-state index contributed by atoms with van der Waals surface area (Å²) in [7, 11) is 0. The van der Waals surface area contributed by atoms with E-state index in [-0.39, 0.29) is 5.91 Å². The van der Waals surface area contributed by atoms with Crippen LogP contribution in [0.25, 0.3) is 6.08 Å². The number of carbonyl (C=O) groups excluding carboxylic acids is 1. The molecule has 1 amide bonds. The van der Waals surface area contributed by atoms with Crippen LogP contribution in [-0.2, 0) is 11.4 Å². The Morgan fingerprint density at radius 2 is 1.92 bits per heavy atom. The fraction of sp³-hybridized carbons (Fsp3) is 0.100. The zero-order valence-corrected chi connectivity index (χ0v) is 16.2. The van der Waals surface area contributed by atoms with Crippen molar-refractivity contribution in [3.63, 3.8) is 0 Å². The van der Waals surface area contributed by atoms with Crippen molar-refractivity contribution in [1.82, 2.24) is 4.90 Å². The van der Waals surface area contributed by atoms with Crippen molar-refractivity contribution < 1.29 is 9.53 Å². The monoisotopic (exact) mass is 401 g/mol. The number of rotatable bonds is 6. The summed E-state index contributed by atoms with van der Waals surface area (Å²) in [5, 5.41) is 0.662. The first kappa shape index (κ1) is 18.7. The molecule has 0 unspecified atom stereocenters. The molecule has 2 aromatic carbocycles. The number of thiocarbonyl (C=S) groups is 1. The van der Waals surface area contributed by atoms with Gasteiger partial charge >= 0.3 is 0 Å². The van der Waals surface area contributed by atoms with Crippen molar-refractivity contribution in [1.29, 1.82) is 0 Å². The van der Waals surface area contributed by atoms with Crippen LogP contribution in [0.2, 0.25) is 5.02 Å². The van der Waals surface area contributed by atoms with Gasteiger partial charge in [0.15, 0.2) is 0 Å². The lowest BCUT2D eigenvalue weighted by Crippen LogP contribution is -2.27. The van der Waals surface area contributed by atoms with Crippen LogP contribution < -0.4 is 4.74 Å². The molecule has 2 aromatic rings. The number of thioether (sulfide) groups is 1. The summed E-state index contributed by atoms with van der Waals surface area (Å²) in [6.07, 6.45) is 3.47. The predicted octanol–water partition coefficient (Wildman–Crippen LogP) is 5.31. The van der Waals surface area contributed by atoms with Gasteiger partial charge in [0.05, 0.1) is 4.91 Å². The van der Waals surface area contributed by atoms with Crippen molar-refractivity contribution in [3.8, 4) is 5.75 Å². The Morgan fingerprint density at radius 1 is 1.19 bits per heavy atom. The Balaban J connectivity index is 1.81. The van der Waals surface area contributed by atoms with Gasteiger partial charge in [-0.25, -0.2) is 0 Å². The van der Waals surface area contributed by atoms with Crippen LogP contribution in [0.4, 0.5) is 0 Å². The van der Waals surface area contributed by atoms with E-state index in [9.17, 15) is 4.79 Å². The predicted molar refractivity (Wildman–Crippen MR) is 112 cm³/mol. The summed E-state index contributed by atoms with van der Waals surface area (Å²) in [4.78, 5) is 14.6. The fourth-order valence-electron chi connectivity index (χ4n) is 2.43. The molecular formula is C20H16ClNO2S2. The molecule has 1 aliphatic heterocycles. The van der Waals surface area contributed by atoms with Gasteiger partial charge < -0.3 is 4.74 Å². The fourth-order valence-corrected chi connectivity index (χ4v) is 3.89. The standard InChI is InChI=1S/C20H16ClNO2S2/c1-2-11-22-19(23)18(26-20(22)25)12-14-7-4-6-10-17(14)24-13-15-8-3-5-9-16(15)21/h2-10,12H,1,11,13H2/b18-12+. The van der Waals surface area contributed by atoms with Crippen LogP contribution >= 0.6 is 35.6 Å². The van der Waals surface area contributed by atoms with Crippen molar-refractivity contribution in [2.24, 2.45) is 0 Å². The van der Waals surface area contributed by atoms with Gasteiger partial charge in [0.25, 0.3) is 5.91 Å². The summed E-state index contributed by atoms with van der Waals surface area (Å²) in [5.74, 6) is 0.571. The van der Waals surface area contributed by atoms with E-state index in [0.717, 1.165) is 11.1 Å². The highest BCUT2D eigenvalue weighted by Crippen LogP contribution is 2.34. The summed E-state index contributed by atoms with van der Waals surface area (Å²) in [6, 6.07) is 15.1. The van der Waals surface area contributed by atoms with E-state index in [0.29, 0.717) is 33.1 Å². The van der Waals surface area contributed by atoms with E-state index in [4.69, 9.17) is 28.6 Å². The van der Waals surface area contributed by atoms with Gasteiger partial charge in [0.2, 0.25) is 0 Å². The molecule has 0 aliphatic carbocycles. The minimum Gasteiger partial charge on any atom is -0.488 e. The molecule has 0 atom stereocenters. The van der Waals surface area contributed by atoms with Crippen molar-refractivity contribution in [2.75, 3.05) is 6.54 Å². The highest BCUT2D eigenvalue weighted by Gasteiger charge is 2.31. The number of nitrogens with zero attached hydrogens (tertiary/aromatic N) is 1. The van der Waals surface area contributed by atoms with E-state index >= 15 is 0 Å². The average molecular weight is 402 g/mol. The van der Waals surface area contributed by atoms with Crippen LogP contribution in [0.3, 0.4) is 0 Å². The number of hydrogen-bond donors (Lipinski definition) is 0. The molecule has 0 saturated carbocycles. The normalized spacial score (nSPS) is 15.6. The maximum atomic E-state index is 12.5. The molecule has 0 radical (unpaired) electrons. The molecule has 1 fully saturated rings. The Bertz CT molecular complexity index is 895. The lowest BCUT2D eigenvalue weighted by Gasteiger charge is -2.11. The maximum Gasteiger partial charge on any atom is 0.266 e. The van der Waals surface area contributed by atoms with Gasteiger partial charge in [-0.1, -0.05) is 78.1 Å². The summed E-state index contributed by atoms with van der Waals surface area (Å²) >= 11 is 12.7. The van der Waals surface area contributed by atoms with Crippen LogP contribution in [0.1, 0.15) is 11.1 Å². The number of hydrogen-bond acceptors (Lipinski definition) is 4. The van der Waals surface area contributed by atoms with E-state index in [1.165, 1.54) is 16.7 Å². The summed E-state index contributed by atoms with van der Waals surface area (Å²) in [5.41, 5.74) is 1.72. The quantitative estimate of drug-likeness (QED) is 0.373. The molecule has 1 saturated heterocycles. The zero-order chi connectivity index (χ0) is 18.5. The summed E-state index contributed by atoms with van der Waals surface area (Å²) in [6.45, 7) is 4.42. The van der Waals surface area contributed by atoms with E-state index in [2.05, 4.69) is 6.58 Å². The molecule has 0 spiro atoms. The molecule has 26 heavy (non-hydrogen) atoms. The molecule has 0 bridgehead atoms. The Kier molecular flexibility index (Phi) is 6.14. The highest BCUT2D eigenvalue weighted by atomic mass is 35.5. The molecule has 1 heterocycles. The molecule has 3 rings (SSSR count). The molecule has 1 aliphatic rings. The second-order valence-electron chi connectivity index (χ2n) is 5.50. The third-order valence-electron chi connectivity index (χ3n) is 3.73. The molecule has 0 aromatic heterocycles. The third-order valence-corrected chi connectivity index (χ3v) is 5.48. The molecule has 132 valence electrons. The smallest absolute Gasteiger partial charge is 0.266 e. The topological polar surface area (TPSA) is 29.5 Å². The van der Waals surface area contributed by atoms with Crippen molar-refractivity contribution in [3.05, 3.63) is 82.2 Å². The van der Waals surface area contributed by atoms with Gasteiger partial charge in [-0.05, 0) is 18.2 Å². The van der Waals surface area contributed by atoms with E-state index in [1.54, 1.807) is 6.08 Å². The third kappa shape index (κ3) is 4.18. The molecule has 0 N–H and O–H groups in total. The molecule has 6 heteroatoms. The average Bonchev–Trinajstić information content (AvgIpc) is 2.90. The minimum atomic E-state index is -0.110. The van der Waals surface area contributed by atoms with Crippen molar-refractivity contribution in [2.45, 2.75) is 6.61 Å². The second-order valence-corrected chi connectivity index (χ2v) is 7.58. The Morgan fingerprint density at radius 3 is 2.69 bits per heavy atom. The van der Waals surface area contributed by atoms with Crippen LogP contribution in [0.15, 0.2) is 66.1 Å². The van der Waals surface area contributed by atoms with Gasteiger partial charge in [-0.3, -0.25) is 9.69 Å². The van der Waals surface area contributed by atoms with Crippen LogP contribution in [0.5, 0.6) is 5.75 Å². The molecule has 3 nitrogen and oxygen atoms in total. The second kappa shape index (κ2) is 8.54. The number of carbonyl (C=O) groups is 1. The number of amides is 1. The summed E-state index contributed by atoms with van der Waals surface area (Å²) < 4.78 is 6.48. The SMILES string of the molecule is C=CCN1C(=O)/C(=C\c2ccccc2OCc2ccccc2Cl)SC1=S. The first-order chi connectivity index (χ1) is 12.6. The largest absolute Gasteiger partial charge is 0.488 e. The van der Waals surface area contributed by atoms with Crippen LogP contribution in [-0.4, -0.2) is 21.7 Å². The lowest BCUT2D eigenvalue weighted by molar-refractivity contribution is -0.121. The number of ether oxygens (including phenoxy) is 1. The number of benzene rings is 2. The minimum absolute atomic E-state index is 0.110. The van der Waals surface area contributed by atoms with Crippen LogP contribution in [0, 0.1) is 0 Å². The first-order valence-electron chi connectivity index (χ1n) is 7.91. The highest BCUT2D eigenvalue weighted by molar-refractivity contribution is 8.26.